The summed E-state index contributed by atoms with van der Waals surface area (Å²) >= 11 is 0. The fraction of sp³-hybridized carbons (Fsp3) is 0.231. The van der Waals surface area contributed by atoms with E-state index in [-0.39, 0.29) is 31.1 Å². The maximum absolute atomic E-state index is 12.5. The first-order valence-corrected chi connectivity index (χ1v) is 10.3. The summed E-state index contributed by atoms with van der Waals surface area (Å²) in [7, 11) is 0. The van der Waals surface area contributed by atoms with Gasteiger partial charge in [0.25, 0.3) is 5.91 Å². The quantitative estimate of drug-likeness (QED) is 0.515. The van der Waals surface area contributed by atoms with Gasteiger partial charge in [-0.05, 0) is 28.7 Å². The molecule has 3 rings (SSSR count). The van der Waals surface area contributed by atoms with Crippen LogP contribution in [-0.4, -0.2) is 25.1 Å². The molecule has 0 saturated carbocycles. The number of carbonyl (C=O) groups is 2. The number of hydrogen-bond donors (Lipinski definition) is 1. The van der Waals surface area contributed by atoms with Crippen molar-refractivity contribution in [3.63, 3.8) is 0 Å². The molecule has 31 heavy (non-hydrogen) atoms. The van der Waals surface area contributed by atoms with Gasteiger partial charge < -0.3 is 14.8 Å². The molecule has 0 bridgehead atoms. The number of benzene rings is 3. The Bertz CT molecular complexity index is 947. The molecule has 0 aliphatic carbocycles. The highest BCUT2D eigenvalue weighted by atomic mass is 16.6. The van der Waals surface area contributed by atoms with Crippen molar-refractivity contribution in [2.75, 3.05) is 13.2 Å². The molecule has 3 aromatic carbocycles. The highest BCUT2D eigenvalue weighted by molar-refractivity contribution is 5.81. The Hall–Kier alpha value is -3.60. The zero-order valence-electron chi connectivity index (χ0n) is 17.8. The van der Waals surface area contributed by atoms with E-state index in [0.717, 1.165) is 16.7 Å². The van der Waals surface area contributed by atoms with E-state index in [1.165, 1.54) is 0 Å². The topological polar surface area (TPSA) is 64.6 Å². The third-order valence-electron chi connectivity index (χ3n) is 4.82. The Balaban J connectivity index is 1.55. The minimum Gasteiger partial charge on any atom is -0.482 e. The Morgan fingerprint density at radius 2 is 1.32 bits per heavy atom. The van der Waals surface area contributed by atoms with Crippen molar-refractivity contribution in [1.82, 2.24) is 5.32 Å². The van der Waals surface area contributed by atoms with Crippen molar-refractivity contribution in [2.24, 2.45) is 0 Å². The molecular formula is C26H27NO4. The summed E-state index contributed by atoms with van der Waals surface area (Å²) in [4.78, 5) is 24.6. The summed E-state index contributed by atoms with van der Waals surface area (Å²) in [5, 5.41) is 2.95. The lowest BCUT2D eigenvalue weighted by Crippen LogP contribution is -2.33. The van der Waals surface area contributed by atoms with Crippen molar-refractivity contribution >= 4 is 11.9 Å². The van der Waals surface area contributed by atoms with Crippen LogP contribution < -0.4 is 10.1 Å². The molecular weight excluding hydrogens is 390 g/mol. The van der Waals surface area contributed by atoms with Gasteiger partial charge in [0.05, 0.1) is 6.04 Å². The molecule has 0 spiro atoms. The standard InChI is InChI=1S/C26H27NO4/c1-19(2)22-15-9-10-16-23(22)30-18-25(29)31-17-24(28)27-26(20-11-5-3-6-12-20)21-13-7-4-8-14-21/h3-16,19,26H,17-18H2,1-2H3,(H,27,28). The molecule has 1 amide bonds. The SMILES string of the molecule is CC(C)c1ccccc1OCC(=O)OCC(=O)NC(c1ccccc1)c1ccccc1. The molecule has 160 valence electrons. The molecule has 0 radical (unpaired) electrons. The molecule has 5 heteroatoms. The van der Waals surface area contributed by atoms with Gasteiger partial charge in [-0.3, -0.25) is 4.79 Å². The first-order chi connectivity index (χ1) is 15.0. The van der Waals surface area contributed by atoms with Crippen LogP contribution in [0.2, 0.25) is 0 Å². The first-order valence-electron chi connectivity index (χ1n) is 10.3. The normalized spacial score (nSPS) is 10.7. The van der Waals surface area contributed by atoms with Crippen molar-refractivity contribution in [1.29, 1.82) is 0 Å². The van der Waals surface area contributed by atoms with Gasteiger partial charge in [-0.15, -0.1) is 0 Å². The van der Waals surface area contributed by atoms with E-state index < -0.39 is 5.97 Å². The molecule has 0 heterocycles. The highest BCUT2D eigenvalue weighted by Gasteiger charge is 2.18. The van der Waals surface area contributed by atoms with Crippen LogP contribution in [0.1, 0.15) is 42.5 Å². The smallest absolute Gasteiger partial charge is 0.344 e. The van der Waals surface area contributed by atoms with Crippen molar-refractivity contribution < 1.29 is 19.1 Å². The lowest BCUT2D eigenvalue weighted by molar-refractivity contribution is -0.150. The molecule has 0 saturated heterocycles. The number of ether oxygens (including phenoxy) is 2. The number of hydrogen-bond acceptors (Lipinski definition) is 4. The minimum absolute atomic E-state index is 0.252. The Kier molecular flexibility index (Phi) is 7.82. The van der Waals surface area contributed by atoms with Gasteiger partial charge in [-0.2, -0.15) is 0 Å². The maximum Gasteiger partial charge on any atom is 0.344 e. The third kappa shape index (κ3) is 6.44. The number of para-hydroxylation sites is 1. The van der Waals surface area contributed by atoms with E-state index >= 15 is 0 Å². The van der Waals surface area contributed by atoms with Gasteiger partial charge in [0.15, 0.2) is 13.2 Å². The lowest BCUT2D eigenvalue weighted by Gasteiger charge is -2.20. The van der Waals surface area contributed by atoms with Gasteiger partial charge >= 0.3 is 5.97 Å². The van der Waals surface area contributed by atoms with Crippen LogP contribution in [0.3, 0.4) is 0 Å². The van der Waals surface area contributed by atoms with E-state index in [0.29, 0.717) is 5.75 Å². The molecule has 0 aromatic heterocycles. The zero-order chi connectivity index (χ0) is 22.1. The van der Waals surface area contributed by atoms with Crippen molar-refractivity contribution in [2.45, 2.75) is 25.8 Å². The molecule has 0 fully saturated rings. The second-order valence-corrected chi connectivity index (χ2v) is 7.46. The molecule has 3 aromatic rings. The zero-order valence-corrected chi connectivity index (χ0v) is 17.8. The summed E-state index contributed by atoms with van der Waals surface area (Å²) in [6, 6.07) is 26.6. The predicted molar refractivity (Wildman–Crippen MR) is 120 cm³/mol. The summed E-state index contributed by atoms with van der Waals surface area (Å²) < 4.78 is 10.7. The number of esters is 1. The minimum atomic E-state index is -0.593. The van der Waals surface area contributed by atoms with Crippen LogP contribution in [0.5, 0.6) is 5.75 Å². The second kappa shape index (κ2) is 11.0. The average molecular weight is 418 g/mol. The largest absolute Gasteiger partial charge is 0.482 e. The lowest BCUT2D eigenvalue weighted by atomic mass is 9.99. The average Bonchev–Trinajstić information content (AvgIpc) is 2.81. The first kappa shape index (κ1) is 22.1. The molecule has 0 aliphatic rings. The second-order valence-electron chi connectivity index (χ2n) is 7.46. The number of carbonyl (C=O) groups excluding carboxylic acids is 2. The van der Waals surface area contributed by atoms with Crippen LogP contribution in [0.4, 0.5) is 0 Å². The van der Waals surface area contributed by atoms with Gasteiger partial charge in [-0.25, -0.2) is 4.79 Å². The molecule has 5 nitrogen and oxygen atoms in total. The molecule has 0 unspecified atom stereocenters. The molecule has 0 atom stereocenters. The fourth-order valence-corrected chi connectivity index (χ4v) is 3.27. The van der Waals surface area contributed by atoms with E-state index in [9.17, 15) is 9.59 Å². The van der Waals surface area contributed by atoms with Gasteiger partial charge in [-0.1, -0.05) is 92.7 Å². The Morgan fingerprint density at radius 3 is 1.90 bits per heavy atom. The number of nitrogens with one attached hydrogen (secondary N) is 1. The van der Waals surface area contributed by atoms with E-state index in [4.69, 9.17) is 9.47 Å². The van der Waals surface area contributed by atoms with E-state index in [1.54, 1.807) is 0 Å². The van der Waals surface area contributed by atoms with Crippen molar-refractivity contribution in [3.8, 4) is 5.75 Å². The van der Waals surface area contributed by atoms with Crippen LogP contribution in [0.25, 0.3) is 0 Å². The fourth-order valence-electron chi connectivity index (χ4n) is 3.27. The van der Waals surface area contributed by atoms with Crippen LogP contribution in [-0.2, 0) is 14.3 Å². The molecule has 1 N–H and O–H groups in total. The van der Waals surface area contributed by atoms with Gasteiger partial charge in [0.1, 0.15) is 5.75 Å². The van der Waals surface area contributed by atoms with Crippen LogP contribution in [0, 0.1) is 0 Å². The highest BCUT2D eigenvalue weighted by Crippen LogP contribution is 2.25. The number of rotatable bonds is 9. The summed E-state index contributed by atoms with van der Waals surface area (Å²) in [5.41, 5.74) is 2.91. The summed E-state index contributed by atoms with van der Waals surface area (Å²) in [5.74, 6) is -0.0589. The number of amides is 1. The Labute approximate surface area is 183 Å². The third-order valence-corrected chi connectivity index (χ3v) is 4.82. The van der Waals surface area contributed by atoms with E-state index in [1.807, 2.05) is 84.9 Å². The summed E-state index contributed by atoms with van der Waals surface area (Å²) in [6.45, 7) is 3.49. The monoisotopic (exact) mass is 417 g/mol. The van der Waals surface area contributed by atoms with Crippen molar-refractivity contribution in [3.05, 3.63) is 102 Å². The predicted octanol–water partition coefficient (Wildman–Crippen LogP) is 4.64. The van der Waals surface area contributed by atoms with Gasteiger partial charge in [0.2, 0.25) is 0 Å². The maximum atomic E-state index is 12.5. The Morgan fingerprint density at radius 1 is 0.774 bits per heavy atom. The summed E-state index contributed by atoms with van der Waals surface area (Å²) in [6.07, 6.45) is 0. The van der Waals surface area contributed by atoms with Crippen LogP contribution >= 0.6 is 0 Å². The van der Waals surface area contributed by atoms with E-state index in [2.05, 4.69) is 19.2 Å². The molecule has 0 aliphatic heterocycles. The van der Waals surface area contributed by atoms with Crippen LogP contribution in [0.15, 0.2) is 84.9 Å². The van der Waals surface area contributed by atoms with Gasteiger partial charge in [0, 0.05) is 0 Å².